The van der Waals surface area contributed by atoms with Crippen molar-refractivity contribution >= 4 is 23.6 Å². The van der Waals surface area contributed by atoms with Crippen molar-refractivity contribution in [3.63, 3.8) is 0 Å². The highest BCUT2D eigenvalue weighted by atomic mass is 16.5. The molecule has 0 saturated carbocycles. The van der Waals surface area contributed by atoms with E-state index in [1.54, 1.807) is 19.1 Å². The quantitative estimate of drug-likeness (QED) is 0.265. The lowest BCUT2D eigenvalue weighted by Gasteiger charge is -2.12. The Morgan fingerprint density at radius 3 is 2.48 bits per heavy atom. The average molecular weight is 319 g/mol. The van der Waals surface area contributed by atoms with Crippen LogP contribution in [-0.2, 0) is 25.7 Å². The van der Waals surface area contributed by atoms with Crippen LogP contribution in [0.5, 0.6) is 0 Å². The van der Waals surface area contributed by atoms with Gasteiger partial charge in [0.1, 0.15) is 6.61 Å². The highest BCUT2D eigenvalue weighted by Gasteiger charge is 2.31. The molecule has 0 aliphatic heterocycles. The Morgan fingerprint density at radius 2 is 1.91 bits per heavy atom. The summed E-state index contributed by atoms with van der Waals surface area (Å²) in [5.74, 6) is -1.80. The lowest BCUT2D eigenvalue weighted by molar-refractivity contribution is -0.139. The van der Waals surface area contributed by atoms with Crippen molar-refractivity contribution in [1.29, 1.82) is 0 Å². The molecule has 1 amide bonds. The lowest BCUT2D eigenvalue weighted by atomic mass is 10.1. The molecule has 0 heterocycles. The Balaban J connectivity index is 2.45. The number of esters is 1. The maximum atomic E-state index is 11.8. The molecule has 0 unspecified atom stereocenters. The molecule has 8 nitrogen and oxygen atoms in total. The van der Waals surface area contributed by atoms with E-state index in [2.05, 4.69) is 14.8 Å². The molecule has 8 heteroatoms. The molecular formula is C15H17N3O5. The van der Waals surface area contributed by atoms with Crippen LogP contribution in [0.25, 0.3) is 5.53 Å². The zero-order chi connectivity index (χ0) is 17.2. The molecule has 0 spiro atoms. The van der Waals surface area contributed by atoms with Crippen LogP contribution in [0.2, 0.25) is 0 Å². The van der Waals surface area contributed by atoms with E-state index in [1.807, 2.05) is 18.2 Å². The zero-order valence-corrected chi connectivity index (χ0v) is 12.8. The van der Waals surface area contributed by atoms with Gasteiger partial charge in [-0.15, -0.1) is 0 Å². The van der Waals surface area contributed by atoms with E-state index in [1.165, 1.54) is 0 Å². The Morgan fingerprint density at radius 1 is 1.26 bits per heavy atom. The number of rotatable bonds is 7. The molecule has 0 aliphatic carbocycles. The molecule has 122 valence electrons. The van der Waals surface area contributed by atoms with Crippen molar-refractivity contribution in [3.8, 4) is 0 Å². The summed E-state index contributed by atoms with van der Waals surface area (Å²) in [5, 5.41) is 2.45. The molecule has 0 saturated heterocycles. The van der Waals surface area contributed by atoms with Crippen LogP contribution in [0.15, 0.2) is 30.3 Å². The first-order chi connectivity index (χ1) is 11.0. The van der Waals surface area contributed by atoms with Gasteiger partial charge in [-0.3, -0.25) is 4.79 Å². The number of Topliss-reactive ketones (excluding diaryl/α,β-unsaturated/α-hetero) is 1. The molecule has 0 fully saturated rings. The minimum atomic E-state index is -1.05. The van der Waals surface area contributed by atoms with Crippen molar-refractivity contribution in [2.24, 2.45) is 0 Å². The van der Waals surface area contributed by atoms with E-state index in [-0.39, 0.29) is 13.0 Å². The normalized spacial score (nSPS) is 10.9. The van der Waals surface area contributed by atoms with Gasteiger partial charge in [0.15, 0.2) is 0 Å². The second-order valence-electron chi connectivity index (χ2n) is 4.67. The number of carbonyl (C=O) groups is 3. The molecule has 1 atom stereocenters. The molecular weight excluding hydrogens is 302 g/mol. The van der Waals surface area contributed by atoms with Gasteiger partial charge < -0.3 is 20.3 Å². The van der Waals surface area contributed by atoms with Crippen LogP contribution in [0.4, 0.5) is 4.79 Å². The summed E-state index contributed by atoms with van der Waals surface area (Å²) in [5.41, 5.74) is 8.76. The van der Waals surface area contributed by atoms with Gasteiger partial charge in [0.25, 0.3) is 5.78 Å². The molecule has 1 N–H and O–H groups in total. The van der Waals surface area contributed by atoms with Gasteiger partial charge in [0.05, 0.1) is 7.11 Å². The van der Waals surface area contributed by atoms with Crippen LogP contribution in [0.1, 0.15) is 18.9 Å². The number of ketones is 1. The number of amides is 1. The number of nitrogens with zero attached hydrogens (tertiary/aromatic N) is 2. The highest BCUT2D eigenvalue weighted by molar-refractivity contribution is 6.62. The van der Waals surface area contributed by atoms with Gasteiger partial charge in [-0.25, -0.2) is 9.59 Å². The number of carbonyl (C=O) groups excluding carboxylic acids is 3. The van der Waals surface area contributed by atoms with E-state index >= 15 is 0 Å². The third-order valence-corrected chi connectivity index (χ3v) is 2.81. The molecule has 1 aromatic carbocycles. The Bertz CT molecular complexity index is 623. The van der Waals surface area contributed by atoms with Gasteiger partial charge in [0, 0.05) is 12.5 Å². The van der Waals surface area contributed by atoms with Crippen LogP contribution in [0, 0.1) is 0 Å². The number of ether oxygens (including phenoxy) is 2. The fourth-order valence-corrected chi connectivity index (χ4v) is 1.70. The van der Waals surface area contributed by atoms with Crippen molar-refractivity contribution < 1.29 is 28.6 Å². The first kappa shape index (κ1) is 18.1. The SMILES string of the molecule is COC(=O)C(=[N+]=[N-])C(=O)C[C@@H](C)NC(=O)OCc1ccccc1. The summed E-state index contributed by atoms with van der Waals surface area (Å²) in [6.07, 6.45) is -0.940. The van der Waals surface area contributed by atoms with Crippen molar-refractivity contribution in [2.45, 2.75) is 26.0 Å². The van der Waals surface area contributed by atoms with E-state index < -0.39 is 29.6 Å². The van der Waals surface area contributed by atoms with Crippen molar-refractivity contribution in [2.75, 3.05) is 7.11 Å². The lowest BCUT2D eigenvalue weighted by Crippen LogP contribution is -2.37. The number of hydrogen-bond donors (Lipinski definition) is 1. The van der Waals surface area contributed by atoms with Crippen LogP contribution in [-0.4, -0.2) is 41.5 Å². The van der Waals surface area contributed by atoms with Crippen LogP contribution >= 0.6 is 0 Å². The van der Waals surface area contributed by atoms with Crippen LogP contribution < -0.4 is 5.32 Å². The average Bonchev–Trinajstić information content (AvgIpc) is 2.54. The summed E-state index contributed by atoms with van der Waals surface area (Å²) < 4.78 is 9.32. The predicted octanol–water partition coefficient (Wildman–Crippen LogP) is 1.10. The summed E-state index contributed by atoms with van der Waals surface area (Å²) in [6, 6.07) is 8.48. The van der Waals surface area contributed by atoms with Gasteiger partial charge in [-0.1, -0.05) is 30.3 Å². The van der Waals surface area contributed by atoms with Gasteiger partial charge in [-0.2, -0.15) is 4.79 Å². The number of alkyl carbamates (subject to hydrolysis) is 1. The van der Waals surface area contributed by atoms with Gasteiger partial charge in [0.2, 0.25) is 0 Å². The number of benzene rings is 1. The van der Waals surface area contributed by atoms with E-state index in [4.69, 9.17) is 10.3 Å². The number of nitrogens with one attached hydrogen (secondary N) is 1. The second kappa shape index (κ2) is 9.11. The zero-order valence-electron chi connectivity index (χ0n) is 12.8. The van der Waals surface area contributed by atoms with Gasteiger partial charge >= 0.3 is 17.8 Å². The standard InChI is InChI=1S/C15H17N3O5/c1-10(8-12(19)13(18-16)14(20)22-2)17-15(21)23-9-11-6-4-3-5-7-11/h3-7,10H,8-9H2,1-2H3,(H,17,21)/t10-/m1/s1. The van der Waals surface area contributed by atoms with Crippen LogP contribution in [0.3, 0.4) is 0 Å². The Labute approximate surface area is 133 Å². The first-order valence-electron chi connectivity index (χ1n) is 6.78. The largest absolute Gasteiger partial charge is 0.460 e. The molecule has 1 aromatic rings. The Kier molecular flexibility index (Phi) is 7.16. The molecule has 0 aromatic heterocycles. The Hall–Kier alpha value is -2.99. The summed E-state index contributed by atoms with van der Waals surface area (Å²) in [6.45, 7) is 1.65. The van der Waals surface area contributed by atoms with E-state index in [9.17, 15) is 14.4 Å². The summed E-state index contributed by atoms with van der Waals surface area (Å²) in [7, 11) is 1.06. The topological polar surface area (TPSA) is 118 Å². The fraction of sp³-hybridized carbons (Fsp3) is 0.333. The first-order valence-corrected chi connectivity index (χ1v) is 6.78. The monoisotopic (exact) mass is 319 g/mol. The molecule has 0 radical (unpaired) electrons. The molecule has 1 rings (SSSR count). The third kappa shape index (κ3) is 6.11. The summed E-state index contributed by atoms with van der Waals surface area (Å²) >= 11 is 0. The third-order valence-electron chi connectivity index (χ3n) is 2.81. The molecule has 0 aliphatic rings. The number of hydrogen-bond acceptors (Lipinski definition) is 5. The summed E-state index contributed by atoms with van der Waals surface area (Å²) in [4.78, 5) is 37.2. The maximum absolute atomic E-state index is 11.8. The highest BCUT2D eigenvalue weighted by Crippen LogP contribution is 2.01. The number of methoxy groups -OCH3 is 1. The fourth-order valence-electron chi connectivity index (χ4n) is 1.70. The molecule has 0 bridgehead atoms. The van der Waals surface area contributed by atoms with Crippen molar-refractivity contribution in [1.82, 2.24) is 5.32 Å². The van der Waals surface area contributed by atoms with E-state index in [0.717, 1.165) is 12.7 Å². The minimum Gasteiger partial charge on any atom is -0.460 e. The van der Waals surface area contributed by atoms with Crippen molar-refractivity contribution in [3.05, 3.63) is 41.4 Å². The minimum absolute atomic E-state index is 0.0961. The van der Waals surface area contributed by atoms with Gasteiger partial charge in [-0.05, 0) is 12.5 Å². The second-order valence-corrected chi connectivity index (χ2v) is 4.67. The maximum Gasteiger partial charge on any atom is 0.441 e. The molecule has 23 heavy (non-hydrogen) atoms. The predicted molar refractivity (Wildman–Crippen MR) is 79.5 cm³/mol. The van der Waals surface area contributed by atoms with E-state index in [0.29, 0.717) is 0 Å². The smallest absolute Gasteiger partial charge is 0.441 e.